The first-order valence-electron chi connectivity index (χ1n) is 11.0. The second-order valence-electron chi connectivity index (χ2n) is 8.16. The standard InChI is InChI=1S/C28H26ClN3O2/c1-19(32-27(14-15-30)22-8-10-23(11-9-22)28(33)34-2)26(17-20-6-12-25(29)13-7-20)24-5-3-4-21(16-24)18-31/h3-13,16,19,26-27,32H,14,17H2,1-2H3/t19-,26?,27-/m0/s1. The van der Waals surface area contributed by atoms with Crippen LogP contribution >= 0.6 is 11.6 Å². The number of hydrogen-bond acceptors (Lipinski definition) is 5. The maximum atomic E-state index is 11.8. The summed E-state index contributed by atoms with van der Waals surface area (Å²) in [5.41, 5.74) is 4.16. The van der Waals surface area contributed by atoms with Crippen molar-refractivity contribution in [2.45, 2.75) is 37.8 Å². The zero-order valence-electron chi connectivity index (χ0n) is 19.2. The van der Waals surface area contributed by atoms with Crippen LogP contribution in [0.2, 0.25) is 5.02 Å². The van der Waals surface area contributed by atoms with E-state index in [4.69, 9.17) is 16.3 Å². The normalized spacial score (nSPS) is 13.2. The molecule has 1 N–H and O–H groups in total. The molecule has 0 saturated heterocycles. The number of nitrogens with one attached hydrogen (secondary N) is 1. The van der Waals surface area contributed by atoms with Crippen LogP contribution < -0.4 is 5.32 Å². The molecule has 0 fully saturated rings. The predicted molar refractivity (Wildman–Crippen MR) is 132 cm³/mol. The zero-order chi connectivity index (χ0) is 24.5. The number of ether oxygens (including phenoxy) is 1. The van der Waals surface area contributed by atoms with E-state index < -0.39 is 5.97 Å². The van der Waals surface area contributed by atoms with Gasteiger partial charge < -0.3 is 10.1 Å². The monoisotopic (exact) mass is 471 g/mol. The summed E-state index contributed by atoms with van der Waals surface area (Å²) in [6.07, 6.45) is 1.01. The molecule has 34 heavy (non-hydrogen) atoms. The lowest BCUT2D eigenvalue weighted by atomic mass is 9.85. The van der Waals surface area contributed by atoms with Gasteiger partial charge in [-0.25, -0.2) is 4.79 Å². The van der Waals surface area contributed by atoms with E-state index in [2.05, 4.69) is 24.4 Å². The molecule has 0 heterocycles. The minimum absolute atomic E-state index is 0.0248. The Balaban J connectivity index is 1.89. The van der Waals surface area contributed by atoms with Crippen molar-refractivity contribution in [1.29, 1.82) is 10.5 Å². The summed E-state index contributed by atoms with van der Waals surface area (Å²) in [6, 6.07) is 26.7. The second-order valence-corrected chi connectivity index (χ2v) is 8.59. The lowest BCUT2D eigenvalue weighted by Crippen LogP contribution is -2.36. The second kappa shape index (κ2) is 12.0. The van der Waals surface area contributed by atoms with Crippen LogP contribution in [-0.4, -0.2) is 19.1 Å². The highest BCUT2D eigenvalue weighted by molar-refractivity contribution is 6.30. The van der Waals surface area contributed by atoms with E-state index in [0.717, 1.165) is 23.1 Å². The van der Waals surface area contributed by atoms with E-state index in [0.29, 0.717) is 16.1 Å². The molecule has 5 nitrogen and oxygen atoms in total. The molecule has 0 saturated carbocycles. The quantitative estimate of drug-likeness (QED) is 0.389. The molecule has 0 bridgehead atoms. The van der Waals surface area contributed by atoms with E-state index in [9.17, 15) is 15.3 Å². The van der Waals surface area contributed by atoms with Crippen molar-refractivity contribution < 1.29 is 9.53 Å². The Hall–Kier alpha value is -3.64. The van der Waals surface area contributed by atoms with Gasteiger partial charge in [0, 0.05) is 23.0 Å². The Morgan fingerprint density at radius 2 is 1.74 bits per heavy atom. The number of nitriles is 2. The Kier molecular flexibility index (Phi) is 8.82. The zero-order valence-corrected chi connectivity index (χ0v) is 19.9. The topological polar surface area (TPSA) is 85.9 Å². The third kappa shape index (κ3) is 6.45. The van der Waals surface area contributed by atoms with Crippen LogP contribution in [-0.2, 0) is 11.2 Å². The van der Waals surface area contributed by atoms with Crippen LogP contribution in [0.15, 0.2) is 72.8 Å². The van der Waals surface area contributed by atoms with Gasteiger partial charge in [0.2, 0.25) is 0 Å². The molecule has 0 amide bonds. The summed E-state index contributed by atoms with van der Waals surface area (Å²) in [5.74, 6) is -0.352. The maximum absolute atomic E-state index is 11.8. The van der Waals surface area contributed by atoms with Crippen LogP contribution in [0.1, 0.15) is 57.9 Å². The molecule has 0 aliphatic rings. The molecule has 3 rings (SSSR count). The molecule has 0 aliphatic heterocycles. The minimum atomic E-state index is -0.398. The fourth-order valence-corrected chi connectivity index (χ4v) is 4.19. The van der Waals surface area contributed by atoms with Gasteiger partial charge >= 0.3 is 5.97 Å². The SMILES string of the molecule is COC(=O)c1ccc([C@H](CC#N)N[C@@H](C)C(Cc2ccc(Cl)cc2)c2cccc(C#N)c2)cc1. The Morgan fingerprint density at radius 3 is 2.35 bits per heavy atom. The molecule has 3 aromatic carbocycles. The molecule has 0 aromatic heterocycles. The average Bonchev–Trinajstić information content (AvgIpc) is 2.87. The van der Waals surface area contributed by atoms with Gasteiger partial charge in [-0.05, 0) is 66.4 Å². The fourth-order valence-electron chi connectivity index (χ4n) is 4.06. The Morgan fingerprint density at radius 1 is 1.03 bits per heavy atom. The summed E-state index contributed by atoms with van der Waals surface area (Å²) < 4.78 is 4.77. The van der Waals surface area contributed by atoms with Gasteiger partial charge in [0.05, 0.1) is 36.8 Å². The van der Waals surface area contributed by atoms with E-state index in [1.165, 1.54) is 7.11 Å². The number of hydrogen-bond donors (Lipinski definition) is 1. The highest BCUT2D eigenvalue weighted by Crippen LogP contribution is 2.29. The Bertz CT molecular complexity index is 1190. The molecule has 172 valence electrons. The minimum Gasteiger partial charge on any atom is -0.465 e. The van der Waals surface area contributed by atoms with Crippen LogP contribution in [0.4, 0.5) is 0 Å². The maximum Gasteiger partial charge on any atom is 0.337 e. The van der Waals surface area contributed by atoms with Crippen molar-refractivity contribution in [3.63, 3.8) is 0 Å². The predicted octanol–water partition coefficient (Wildman–Crippen LogP) is 5.96. The van der Waals surface area contributed by atoms with Gasteiger partial charge in [-0.3, -0.25) is 0 Å². The third-order valence-electron chi connectivity index (χ3n) is 5.91. The van der Waals surface area contributed by atoms with E-state index >= 15 is 0 Å². The smallest absolute Gasteiger partial charge is 0.337 e. The number of halogens is 1. The van der Waals surface area contributed by atoms with Crippen LogP contribution in [0.3, 0.4) is 0 Å². The number of nitrogens with zero attached hydrogens (tertiary/aromatic N) is 2. The summed E-state index contributed by atoms with van der Waals surface area (Å²) in [4.78, 5) is 11.8. The average molecular weight is 472 g/mol. The van der Waals surface area contributed by atoms with E-state index in [1.807, 2.05) is 54.6 Å². The van der Waals surface area contributed by atoms with Crippen molar-refractivity contribution in [2.75, 3.05) is 7.11 Å². The first-order valence-corrected chi connectivity index (χ1v) is 11.4. The lowest BCUT2D eigenvalue weighted by Gasteiger charge is -2.30. The molecule has 6 heteroatoms. The van der Waals surface area contributed by atoms with Gasteiger partial charge in [0.1, 0.15) is 0 Å². The third-order valence-corrected chi connectivity index (χ3v) is 6.16. The van der Waals surface area contributed by atoms with Crippen LogP contribution in [0.5, 0.6) is 0 Å². The highest BCUT2D eigenvalue weighted by atomic mass is 35.5. The molecule has 3 aromatic rings. The van der Waals surface area contributed by atoms with Gasteiger partial charge in [-0.2, -0.15) is 10.5 Å². The molecule has 0 aliphatic carbocycles. The summed E-state index contributed by atoms with van der Waals surface area (Å²) in [7, 11) is 1.35. The molecule has 1 unspecified atom stereocenters. The number of carbonyl (C=O) groups excluding carboxylic acids is 1. The molecule has 0 spiro atoms. The lowest BCUT2D eigenvalue weighted by molar-refractivity contribution is 0.0600. The Labute approximate surface area is 205 Å². The highest BCUT2D eigenvalue weighted by Gasteiger charge is 2.24. The van der Waals surface area contributed by atoms with Crippen molar-refractivity contribution in [1.82, 2.24) is 5.32 Å². The fraction of sp³-hybridized carbons (Fsp3) is 0.250. The van der Waals surface area contributed by atoms with Crippen molar-refractivity contribution >= 4 is 17.6 Å². The van der Waals surface area contributed by atoms with Crippen LogP contribution in [0, 0.1) is 22.7 Å². The molecular weight excluding hydrogens is 446 g/mol. The van der Waals surface area contributed by atoms with Gasteiger partial charge in [-0.15, -0.1) is 0 Å². The summed E-state index contributed by atoms with van der Waals surface area (Å²) >= 11 is 6.07. The van der Waals surface area contributed by atoms with Crippen molar-refractivity contribution in [2.24, 2.45) is 0 Å². The van der Waals surface area contributed by atoms with Gasteiger partial charge in [-0.1, -0.05) is 48.0 Å². The van der Waals surface area contributed by atoms with Gasteiger partial charge in [0.15, 0.2) is 0 Å². The van der Waals surface area contributed by atoms with E-state index in [1.54, 1.807) is 18.2 Å². The number of benzene rings is 3. The number of carbonyl (C=O) groups is 1. The first-order chi connectivity index (χ1) is 16.4. The van der Waals surface area contributed by atoms with Gasteiger partial charge in [0.25, 0.3) is 0 Å². The van der Waals surface area contributed by atoms with Crippen molar-refractivity contribution in [3.8, 4) is 12.1 Å². The molecule has 3 atom stereocenters. The largest absolute Gasteiger partial charge is 0.465 e. The summed E-state index contributed by atoms with van der Waals surface area (Å²) in [6.45, 7) is 2.09. The molecular formula is C28H26ClN3O2. The number of rotatable bonds is 9. The summed E-state index contributed by atoms with van der Waals surface area (Å²) in [5, 5.41) is 23.2. The first kappa shape index (κ1) is 25.0. The number of esters is 1. The molecule has 0 radical (unpaired) electrons. The van der Waals surface area contributed by atoms with Crippen molar-refractivity contribution in [3.05, 3.63) is 106 Å². The van der Waals surface area contributed by atoms with E-state index in [-0.39, 0.29) is 24.4 Å². The number of methoxy groups -OCH3 is 1. The van der Waals surface area contributed by atoms with Crippen LogP contribution in [0.25, 0.3) is 0 Å².